The predicted octanol–water partition coefficient (Wildman–Crippen LogP) is 3.42. The molecule has 3 rings (SSSR count). The van der Waals surface area contributed by atoms with Gasteiger partial charge in [-0.15, -0.1) is 0 Å². The molecule has 1 aromatic carbocycles. The number of hydrogen-bond donors (Lipinski definition) is 1. The van der Waals surface area contributed by atoms with Gasteiger partial charge in [0.2, 0.25) is 0 Å². The van der Waals surface area contributed by atoms with Crippen molar-refractivity contribution in [2.75, 3.05) is 0 Å². The molecule has 3 heteroatoms. The second kappa shape index (κ2) is 5.49. The van der Waals surface area contributed by atoms with Gasteiger partial charge >= 0.3 is 0 Å². The molecule has 1 aromatic heterocycles. The van der Waals surface area contributed by atoms with E-state index in [9.17, 15) is 0 Å². The van der Waals surface area contributed by atoms with E-state index in [4.69, 9.17) is 9.15 Å². The molecule has 1 aliphatic rings. The van der Waals surface area contributed by atoms with E-state index in [-0.39, 0.29) is 0 Å². The van der Waals surface area contributed by atoms with Crippen molar-refractivity contribution >= 4 is 0 Å². The Hall–Kier alpha value is -1.74. The molecule has 1 fully saturated rings. The zero-order valence-electron chi connectivity index (χ0n) is 11.2. The molecule has 2 aromatic rings. The van der Waals surface area contributed by atoms with Gasteiger partial charge < -0.3 is 14.5 Å². The Kier molecular flexibility index (Phi) is 3.56. The fourth-order valence-electron chi connectivity index (χ4n) is 2.03. The third-order valence-electron chi connectivity index (χ3n) is 3.35. The van der Waals surface area contributed by atoms with Crippen LogP contribution >= 0.6 is 0 Å². The van der Waals surface area contributed by atoms with Crippen LogP contribution in [0.2, 0.25) is 0 Å². The van der Waals surface area contributed by atoms with Crippen LogP contribution in [0.15, 0.2) is 40.8 Å². The van der Waals surface area contributed by atoms with Gasteiger partial charge in [0.25, 0.3) is 0 Å². The zero-order valence-corrected chi connectivity index (χ0v) is 11.2. The number of furan rings is 1. The Morgan fingerprint density at radius 3 is 2.79 bits per heavy atom. The van der Waals surface area contributed by atoms with Crippen LogP contribution < -0.4 is 10.1 Å². The smallest absolute Gasteiger partial charge is 0.119 e. The van der Waals surface area contributed by atoms with Gasteiger partial charge in [0.15, 0.2) is 0 Å². The first-order chi connectivity index (χ1) is 9.31. The maximum absolute atomic E-state index is 5.74. The third-order valence-corrected chi connectivity index (χ3v) is 3.35. The van der Waals surface area contributed by atoms with E-state index in [2.05, 4.69) is 11.4 Å². The summed E-state index contributed by atoms with van der Waals surface area (Å²) in [4.78, 5) is 0. The SMILES string of the molecule is Cc1oc(CNC2CC2)cc1COc1ccccc1. The van der Waals surface area contributed by atoms with E-state index in [1.807, 2.05) is 37.3 Å². The van der Waals surface area contributed by atoms with Crippen LogP contribution in [0.3, 0.4) is 0 Å². The summed E-state index contributed by atoms with van der Waals surface area (Å²) in [6, 6.07) is 12.7. The van der Waals surface area contributed by atoms with Crippen molar-refractivity contribution in [1.29, 1.82) is 0 Å². The first-order valence-corrected chi connectivity index (χ1v) is 6.80. The number of hydrogen-bond acceptors (Lipinski definition) is 3. The molecule has 0 saturated heterocycles. The highest BCUT2D eigenvalue weighted by Gasteiger charge is 2.20. The summed E-state index contributed by atoms with van der Waals surface area (Å²) in [7, 11) is 0. The van der Waals surface area contributed by atoms with Crippen molar-refractivity contribution in [3.63, 3.8) is 0 Å². The van der Waals surface area contributed by atoms with Crippen molar-refractivity contribution in [3.05, 3.63) is 53.5 Å². The van der Waals surface area contributed by atoms with Gasteiger partial charge in [-0.25, -0.2) is 0 Å². The summed E-state index contributed by atoms with van der Waals surface area (Å²) in [6.07, 6.45) is 2.59. The monoisotopic (exact) mass is 257 g/mol. The molecule has 19 heavy (non-hydrogen) atoms. The van der Waals surface area contributed by atoms with Gasteiger partial charge in [0.05, 0.1) is 6.54 Å². The molecule has 1 N–H and O–H groups in total. The molecule has 3 nitrogen and oxygen atoms in total. The Labute approximate surface area is 113 Å². The maximum Gasteiger partial charge on any atom is 0.119 e. The lowest BCUT2D eigenvalue weighted by molar-refractivity contribution is 0.303. The van der Waals surface area contributed by atoms with Gasteiger partial charge in [0, 0.05) is 11.6 Å². The van der Waals surface area contributed by atoms with E-state index in [0.717, 1.165) is 29.4 Å². The Morgan fingerprint density at radius 2 is 2.05 bits per heavy atom. The van der Waals surface area contributed by atoms with E-state index in [1.54, 1.807) is 0 Å². The average Bonchev–Trinajstić information content (AvgIpc) is 3.19. The number of para-hydroxylation sites is 1. The molecule has 0 amide bonds. The minimum Gasteiger partial charge on any atom is -0.489 e. The fourth-order valence-corrected chi connectivity index (χ4v) is 2.03. The molecule has 0 aliphatic heterocycles. The first-order valence-electron chi connectivity index (χ1n) is 6.80. The fraction of sp³-hybridized carbons (Fsp3) is 0.375. The Bertz CT molecular complexity index is 529. The molecule has 0 spiro atoms. The van der Waals surface area contributed by atoms with Gasteiger partial charge in [-0.3, -0.25) is 0 Å². The minimum absolute atomic E-state index is 0.558. The summed E-state index contributed by atoms with van der Waals surface area (Å²) >= 11 is 0. The van der Waals surface area contributed by atoms with Crippen LogP contribution in [-0.2, 0) is 13.2 Å². The van der Waals surface area contributed by atoms with Crippen molar-refractivity contribution in [2.45, 2.75) is 39.0 Å². The largest absolute Gasteiger partial charge is 0.489 e. The Balaban J connectivity index is 1.57. The van der Waals surface area contributed by atoms with Crippen molar-refractivity contribution in [3.8, 4) is 5.75 Å². The highest BCUT2D eigenvalue weighted by molar-refractivity contribution is 5.24. The molecule has 0 unspecified atom stereocenters. The van der Waals surface area contributed by atoms with Gasteiger partial charge in [-0.2, -0.15) is 0 Å². The van der Waals surface area contributed by atoms with Crippen molar-refractivity contribution in [1.82, 2.24) is 5.32 Å². The minimum atomic E-state index is 0.558. The lowest BCUT2D eigenvalue weighted by Gasteiger charge is -2.04. The van der Waals surface area contributed by atoms with Crippen LogP contribution in [0.1, 0.15) is 29.9 Å². The van der Waals surface area contributed by atoms with Crippen LogP contribution in [-0.4, -0.2) is 6.04 Å². The summed E-state index contributed by atoms with van der Waals surface area (Å²) in [5.74, 6) is 2.83. The number of ether oxygens (including phenoxy) is 1. The molecule has 100 valence electrons. The number of nitrogens with one attached hydrogen (secondary N) is 1. The van der Waals surface area contributed by atoms with Crippen molar-refractivity contribution < 1.29 is 9.15 Å². The molecule has 0 radical (unpaired) electrons. The molecular weight excluding hydrogens is 238 g/mol. The summed E-state index contributed by atoms with van der Waals surface area (Å²) < 4.78 is 11.5. The summed E-state index contributed by atoms with van der Waals surface area (Å²) in [5, 5.41) is 3.45. The van der Waals surface area contributed by atoms with Gasteiger partial charge in [-0.1, -0.05) is 18.2 Å². The number of rotatable bonds is 6. The molecule has 1 aliphatic carbocycles. The predicted molar refractivity (Wildman–Crippen MR) is 74.1 cm³/mol. The second-order valence-electron chi connectivity index (χ2n) is 5.05. The molecular formula is C16H19NO2. The summed E-state index contributed by atoms with van der Waals surface area (Å²) in [5.41, 5.74) is 1.12. The van der Waals surface area contributed by atoms with Crippen LogP contribution in [0.25, 0.3) is 0 Å². The highest BCUT2D eigenvalue weighted by Crippen LogP contribution is 2.21. The normalized spacial score (nSPS) is 14.6. The van der Waals surface area contributed by atoms with Crippen LogP contribution in [0.5, 0.6) is 5.75 Å². The lowest BCUT2D eigenvalue weighted by atomic mass is 10.2. The first kappa shape index (κ1) is 12.3. The number of aryl methyl sites for hydroxylation is 1. The third kappa shape index (κ3) is 3.38. The van der Waals surface area contributed by atoms with E-state index in [0.29, 0.717) is 12.6 Å². The lowest BCUT2D eigenvalue weighted by Crippen LogP contribution is -2.14. The second-order valence-corrected chi connectivity index (χ2v) is 5.05. The standard InChI is InChI=1S/C16H19NO2/c1-12-13(11-18-15-5-3-2-4-6-15)9-16(19-12)10-17-14-7-8-14/h2-6,9,14,17H,7-8,10-11H2,1H3. The highest BCUT2D eigenvalue weighted by atomic mass is 16.5. The van der Waals surface area contributed by atoms with Gasteiger partial charge in [-0.05, 0) is 38.0 Å². The maximum atomic E-state index is 5.74. The molecule has 0 atom stereocenters. The summed E-state index contributed by atoms with van der Waals surface area (Å²) in [6.45, 7) is 3.37. The molecule has 1 saturated carbocycles. The Morgan fingerprint density at radius 1 is 1.26 bits per heavy atom. The van der Waals surface area contributed by atoms with E-state index < -0.39 is 0 Å². The average molecular weight is 257 g/mol. The topological polar surface area (TPSA) is 34.4 Å². The number of benzene rings is 1. The van der Waals surface area contributed by atoms with Crippen LogP contribution in [0, 0.1) is 6.92 Å². The van der Waals surface area contributed by atoms with E-state index >= 15 is 0 Å². The van der Waals surface area contributed by atoms with Crippen molar-refractivity contribution in [2.24, 2.45) is 0 Å². The van der Waals surface area contributed by atoms with E-state index in [1.165, 1.54) is 12.8 Å². The molecule has 0 bridgehead atoms. The van der Waals surface area contributed by atoms with Crippen LogP contribution in [0.4, 0.5) is 0 Å². The quantitative estimate of drug-likeness (QED) is 0.861. The molecule has 1 heterocycles. The zero-order chi connectivity index (χ0) is 13.1. The van der Waals surface area contributed by atoms with Gasteiger partial charge in [0.1, 0.15) is 23.9 Å².